The maximum atomic E-state index is 10.0. The number of nitrogens with zero attached hydrogens (tertiary/aromatic N) is 2. The zero-order valence-electron chi connectivity index (χ0n) is 19.8. The number of aromatic nitrogens is 2. The molecule has 5 rings (SSSR count). The smallest absolute Gasteiger partial charge is 0.244 e. The first kappa shape index (κ1) is 22.9. The van der Waals surface area contributed by atoms with Gasteiger partial charge in [-0.1, -0.05) is 42.5 Å². The van der Waals surface area contributed by atoms with E-state index in [0.717, 1.165) is 16.9 Å². The third kappa shape index (κ3) is 4.07. The number of hydrogen-bond acceptors (Lipinski definition) is 7. The van der Waals surface area contributed by atoms with Crippen molar-refractivity contribution in [1.29, 1.82) is 5.26 Å². The van der Waals surface area contributed by atoms with Gasteiger partial charge in [0.2, 0.25) is 11.8 Å². The molecule has 2 heterocycles. The summed E-state index contributed by atoms with van der Waals surface area (Å²) >= 11 is 0. The summed E-state index contributed by atoms with van der Waals surface area (Å²) in [7, 11) is 3.13. The number of fused-ring (bicyclic) bond motifs is 1. The second-order valence-electron chi connectivity index (χ2n) is 8.12. The molecule has 0 aliphatic carbocycles. The van der Waals surface area contributed by atoms with Gasteiger partial charge >= 0.3 is 0 Å². The molecule has 1 aliphatic rings. The van der Waals surface area contributed by atoms with E-state index in [9.17, 15) is 5.26 Å². The maximum Gasteiger partial charge on any atom is 0.244 e. The van der Waals surface area contributed by atoms with Crippen molar-refractivity contribution in [1.82, 2.24) is 10.2 Å². The normalized spacial score (nSPS) is 14.4. The third-order valence-corrected chi connectivity index (χ3v) is 6.07. The van der Waals surface area contributed by atoms with Gasteiger partial charge in [0.15, 0.2) is 11.5 Å². The zero-order valence-corrected chi connectivity index (χ0v) is 19.8. The highest BCUT2D eigenvalue weighted by atomic mass is 16.5. The zero-order chi connectivity index (χ0) is 25.1. The standard InChI is InChI=1S/C28H24N4O4/c1-33-22-10-6-9-20(26(22)34-2)23-21(15-29)27(30)36-28-24(23)25(31-32-28)18-11-13-19(14-12-18)35-16-17-7-4-3-5-8-17/h3-14,23H,16,30H2,1-2H3,(H,31,32). The highest BCUT2D eigenvalue weighted by Gasteiger charge is 2.37. The molecule has 0 saturated carbocycles. The van der Waals surface area contributed by atoms with E-state index in [2.05, 4.69) is 16.3 Å². The minimum absolute atomic E-state index is 0.00239. The Kier molecular flexibility index (Phi) is 6.20. The summed E-state index contributed by atoms with van der Waals surface area (Å²) in [5, 5.41) is 17.4. The van der Waals surface area contributed by atoms with E-state index in [0.29, 0.717) is 40.8 Å². The summed E-state index contributed by atoms with van der Waals surface area (Å²) < 4.78 is 22.8. The van der Waals surface area contributed by atoms with Crippen molar-refractivity contribution in [3.63, 3.8) is 0 Å². The molecule has 0 saturated heterocycles. The summed E-state index contributed by atoms with van der Waals surface area (Å²) in [6.45, 7) is 0.473. The lowest BCUT2D eigenvalue weighted by Crippen LogP contribution is -2.21. The Labute approximate surface area is 208 Å². The first-order chi connectivity index (χ1) is 17.6. The Bertz CT molecular complexity index is 1450. The maximum absolute atomic E-state index is 10.0. The quantitative estimate of drug-likeness (QED) is 0.387. The molecular weight excluding hydrogens is 456 g/mol. The van der Waals surface area contributed by atoms with Gasteiger partial charge in [0.25, 0.3) is 0 Å². The van der Waals surface area contributed by atoms with Crippen LogP contribution in [-0.2, 0) is 6.61 Å². The molecule has 0 bridgehead atoms. The Morgan fingerprint density at radius 1 is 1.00 bits per heavy atom. The molecule has 3 aromatic carbocycles. The summed E-state index contributed by atoms with van der Waals surface area (Å²) in [4.78, 5) is 0. The largest absolute Gasteiger partial charge is 0.493 e. The van der Waals surface area contributed by atoms with Gasteiger partial charge in [0.05, 0.1) is 31.4 Å². The third-order valence-electron chi connectivity index (χ3n) is 6.07. The highest BCUT2D eigenvalue weighted by Crippen LogP contribution is 2.49. The Hall–Kier alpha value is -4.90. The number of ether oxygens (including phenoxy) is 4. The van der Waals surface area contributed by atoms with Crippen molar-refractivity contribution in [3.05, 3.63) is 101 Å². The Morgan fingerprint density at radius 2 is 1.78 bits per heavy atom. The molecule has 0 amide bonds. The first-order valence-corrected chi connectivity index (χ1v) is 11.3. The summed E-state index contributed by atoms with van der Waals surface area (Å²) in [6, 6.07) is 25.4. The van der Waals surface area contributed by atoms with Crippen LogP contribution in [-0.4, -0.2) is 24.4 Å². The molecule has 4 aromatic rings. The molecule has 1 aromatic heterocycles. The number of benzene rings is 3. The van der Waals surface area contributed by atoms with Gasteiger partial charge in [-0.05, 0) is 35.9 Å². The molecule has 0 fully saturated rings. The predicted octanol–water partition coefficient (Wildman–Crippen LogP) is 4.89. The number of rotatable bonds is 7. The van der Waals surface area contributed by atoms with Crippen molar-refractivity contribution in [2.75, 3.05) is 14.2 Å². The molecule has 0 spiro atoms. The lowest BCUT2D eigenvalue weighted by molar-refractivity contribution is 0.306. The van der Waals surface area contributed by atoms with Gasteiger partial charge in [-0.2, -0.15) is 5.26 Å². The van der Waals surface area contributed by atoms with Crippen LogP contribution < -0.4 is 24.7 Å². The van der Waals surface area contributed by atoms with Gasteiger partial charge in [-0.3, -0.25) is 5.10 Å². The fraction of sp³-hybridized carbons (Fsp3) is 0.143. The van der Waals surface area contributed by atoms with Crippen molar-refractivity contribution < 1.29 is 18.9 Å². The van der Waals surface area contributed by atoms with Gasteiger partial charge in [0, 0.05) is 11.1 Å². The lowest BCUT2D eigenvalue weighted by Gasteiger charge is -2.26. The number of para-hydroxylation sites is 1. The SMILES string of the molecule is COc1cccc(C2C(C#N)=C(N)Oc3n[nH]c(-c4ccc(OCc5ccccc5)cc4)c32)c1OC. The van der Waals surface area contributed by atoms with E-state index in [1.54, 1.807) is 20.3 Å². The van der Waals surface area contributed by atoms with Crippen molar-refractivity contribution in [2.45, 2.75) is 12.5 Å². The highest BCUT2D eigenvalue weighted by molar-refractivity contribution is 5.72. The number of nitrogens with two attached hydrogens (primary N) is 1. The number of methoxy groups -OCH3 is 2. The van der Waals surface area contributed by atoms with E-state index in [1.165, 1.54) is 0 Å². The minimum Gasteiger partial charge on any atom is -0.493 e. The van der Waals surface area contributed by atoms with E-state index in [-0.39, 0.29) is 11.5 Å². The lowest BCUT2D eigenvalue weighted by atomic mass is 9.82. The van der Waals surface area contributed by atoms with Crippen LogP contribution in [0.3, 0.4) is 0 Å². The molecule has 8 nitrogen and oxygen atoms in total. The number of H-pyrrole nitrogens is 1. The predicted molar refractivity (Wildman–Crippen MR) is 134 cm³/mol. The summed E-state index contributed by atoms with van der Waals surface area (Å²) in [5.41, 5.74) is 10.4. The van der Waals surface area contributed by atoms with Crippen LogP contribution in [0.1, 0.15) is 22.6 Å². The number of nitriles is 1. The van der Waals surface area contributed by atoms with Crippen LogP contribution in [0.2, 0.25) is 0 Å². The second kappa shape index (κ2) is 9.76. The van der Waals surface area contributed by atoms with E-state index < -0.39 is 5.92 Å². The van der Waals surface area contributed by atoms with Crippen LogP contribution in [0.4, 0.5) is 0 Å². The average molecular weight is 481 g/mol. The average Bonchev–Trinajstić information content (AvgIpc) is 3.34. The minimum atomic E-state index is -0.577. The molecule has 36 heavy (non-hydrogen) atoms. The van der Waals surface area contributed by atoms with Crippen molar-refractivity contribution >= 4 is 0 Å². The van der Waals surface area contributed by atoms with E-state index >= 15 is 0 Å². The second-order valence-corrected chi connectivity index (χ2v) is 8.12. The fourth-order valence-corrected chi connectivity index (χ4v) is 4.37. The Morgan fingerprint density at radius 3 is 2.47 bits per heavy atom. The molecule has 1 unspecified atom stereocenters. The molecule has 1 aliphatic heterocycles. The van der Waals surface area contributed by atoms with Crippen LogP contribution in [0.15, 0.2) is 84.3 Å². The van der Waals surface area contributed by atoms with Crippen molar-refractivity contribution in [2.24, 2.45) is 5.73 Å². The topological polar surface area (TPSA) is 115 Å². The van der Waals surface area contributed by atoms with E-state index in [4.69, 9.17) is 24.7 Å². The first-order valence-electron chi connectivity index (χ1n) is 11.3. The Balaban J connectivity index is 1.54. The summed E-state index contributed by atoms with van der Waals surface area (Å²) in [5.74, 6) is 1.52. The molecule has 0 radical (unpaired) electrons. The molecular formula is C28H24N4O4. The number of aromatic amines is 1. The van der Waals surface area contributed by atoms with Gasteiger partial charge < -0.3 is 24.7 Å². The molecule has 180 valence electrons. The van der Waals surface area contributed by atoms with Crippen LogP contribution >= 0.6 is 0 Å². The molecule has 8 heteroatoms. The van der Waals surface area contributed by atoms with Crippen LogP contribution in [0, 0.1) is 11.3 Å². The number of allylic oxidation sites excluding steroid dienone is 1. The molecule has 3 N–H and O–H groups in total. The monoisotopic (exact) mass is 480 g/mol. The molecule has 1 atom stereocenters. The summed E-state index contributed by atoms with van der Waals surface area (Å²) in [6.07, 6.45) is 0. The fourth-order valence-electron chi connectivity index (χ4n) is 4.37. The van der Waals surface area contributed by atoms with E-state index in [1.807, 2.05) is 66.7 Å². The number of nitrogens with one attached hydrogen (secondary N) is 1. The number of hydrogen-bond donors (Lipinski definition) is 2. The van der Waals surface area contributed by atoms with Crippen LogP contribution in [0.25, 0.3) is 11.3 Å². The van der Waals surface area contributed by atoms with Crippen molar-refractivity contribution in [3.8, 4) is 40.5 Å². The van der Waals surface area contributed by atoms with Gasteiger partial charge in [0.1, 0.15) is 24.0 Å². The van der Waals surface area contributed by atoms with Crippen LogP contribution in [0.5, 0.6) is 23.1 Å². The van der Waals surface area contributed by atoms with Gasteiger partial charge in [-0.15, -0.1) is 5.10 Å². The van der Waals surface area contributed by atoms with Gasteiger partial charge in [-0.25, -0.2) is 0 Å².